The van der Waals surface area contributed by atoms with Crippen LogP contribution in [0.3, 0.4) is 0 Å². The van der Waals surface area contributed by atoms with E-state index in [1.807, 2.05) is 152 Å². The van der Waals surface area contributed by atoms with E-state index in [0.717, 1.165) is 33.4 Å². The standard InChI is InChI=1S/C63H61ClN4O7S2/c64-52-35-21-22-45(40-52)41-54(66-56(70)42-53(69)36-19-20-39-76-62(46-23-7-1-8-24-46,47-25-9-2-10-26-47)48-27-11-3-12-28-48)58(73)67-55(59(74)68-61(37-38-61)60(75)65-43-57(71)72)44-77-63(49-29-13-4-14-30-49,50-31-15-5-16-32-50)51-33-17-6-18-34-51/h1-19,21-36,40,53-55,69H,20,37-39,41-44H2,(H,65,75)(H,66,70)(H,67,73)(H,68,74)(H,71,72)/b36-19+/t53-,54-,55-/m1/s1. The zero-order chi connectivity index (χ0) is 54.1. The SMILES string of the molecule is O=C(O)CNC(=O)C1(NC(=O)[C@@H](CSC(c2ccccc2)(c2ccccc2)c2ccccc2)NC(=O)[C@@H](Cc2cccc(Cl)c2)NC(=O)C[C@H](O)/C=C/CCSC(c2ccccc2)(c2ccccc2)c2ccccc2)CC1. The quantitative estimate of drug-likeness (QED) is 0.0175. The third kappa shape index (κ3) is 14.1. The lowest BCUT2D eigenvalue weighted by atomic mass is 9.84. The van der Waals surface area contributed by atoms with Gasteiger partial charge in [0.25, 0.3) is 0 Å². The molecule has 3 atom stereocenters. The summed E-state index contributed by atoms with van der Waals surface area (Å²) in [4.78, 5) is 68.3. The van der Waals surface area contributed by atoms with E-state index in [1.165, 1.54) is 11.8 Å². The van der Waals surface area contributed by atoms with E-state index in [4.69, 9.17) is 11.6 Å². The van der Waals surface area contributed by atoms with Crippen molar-refractivity contribution in [2.75, 3.05) is 18.1 Å². The topological polar surface area (TPSA) is 174 Å². The molecule has 0 radical (unpaired) electrons. The van der Waals surface area contributed by atoms with Crippen molar-refractivity contribution in [2.45, 2.75) is 65.3 Å². The van der Waals surface area contributed by atoms with E-state index >= 15 is 0 Å². The maximum atomic E-state index is 14.9. The molecule has 1 fully saturated rings. The van der Waals surface area contributed by atoms with Crippen LogP contribution in [-0.2, 0) is 39.9 Å². The average Bonchev–Trinajstić information content (AvgIpc) is 4.25. The predicted molar refractivity (Wildman–Crippen MR) is 307 cm³/mol. The second kappa shape index (κ2) is 26.6. The Labute approximate surface area is 463 Å². The number of hydrogen-bond acceptors (Lipinski definition) is 8. The number of aliphatic carboxylic acids is 1. The Bertz CT molecular complexity index is 2910. The number of halogens is 1. The minimum absolute atomic E-state index is 0.0156. The number of hydrogen-bond donors (Lipinski definition) is 6. The van der Waals surface area contributed by atoms with Crippen LogP contribution >= 0.6 is 35.1 Å². The van der Waals surface area contributed by atoms with Crippen molar-refractivity contribution in [1.29, 1.82) is 0 Å². The Morgan fingerprint density at radius 2 is 1.04 bits per heavy atom. The van der Waals surface area contributed by atoms with Gasteiger partial charge in [0.15, 0.2) is 0 Å². The maximum absolute atomic E-state index is 14.9. The number of amides is 4. The Hall–Kier alpha value is -7.42. The summed E-state index contributed by atoms with van der Waals surface area (Å²) in [5.41, 5.74) is 5.41. The van der Waals surface area contributed by atoms with Crippen molar-refractivity contribution in [3.05, 3.63) is 262 Å². The third-order valence-corrected chi connectivity index (χ3v) is 16.9. The minimum atomic E-state index is -1.37. The summed E-state index contributed by atoms with van der Waals surface area (Å²) in [5.74, 6) is -3.18. The maximum Gasteiger partial charge on any atom is 0.322 e. The summed E-state index contributed by atoms with van der Waals surface area (Å²) in [7, 11) is 0. The highest BCUT2D eigenvalue weighted by Gasteiger charge is 2.52. The summed E-state index contributed by atoms with van der Waals surface area (Å²) in [6.45, 7) is -0.631. The molecule has 6 N–H and O–H groups in total. The van der Waals surface area contributed by atoms with Crippen molar-refractivity contribution >= 4 is 64.7 Å². The number of aliphatic hydroxyl groups excluding tert-OH is 1. The molecule has 77 heavy (non-hydrogen) atoms. The van der Waals surface area contributed by atoms with Crippen LogP contribution in [-0.4, -0.2) is 81.6 Å². The molecule has 0 unspecified atom stereocenters. The summed E-state index contributed by atoms with van der Waals surface area (Å²) in [6.07, 6.45) is 3.01. The number of carboxylic acid groups (broad SMARTS) is 1. The Kier molecular flexibility index (Phi) is 19.3. The van der Waals surface area contributed by atoms with Crippen LogP contribution in [0.25, 0.3) is 0 Å². The van der Waals surface area contributed by atoms with Crippen molar-refractivity contribution in [2.24, 2.45) is 0 Å². The summed E-state index contributed by atoms with van der Waals surface area (Å²) in [6, 6.07) is 65.0. The van der Waals surface area contributed by atoms with E-state index in [-0.39, 0.29) is 31.4 Å². The number of aliphatic hydroxyl groups is 1. The van der Waals surface area contributed by atoms with Crippen LogP contribution in [0.5, 0.6) is 0 Å². The normalized spacial score (nSPS) is 14.1. The first-order valence-electron chi connectivity index (χ1n) is 25.5. The number of benzene rings is 7. The first kappa shape index (κ1) is 55.8. The van der Waals surface area contributed by atoms with Gasteiger partial charge in [-0.3, -0.25) is 24.0 Å². The smallest absolute Gasteiger partial charge is 0.322 e. The van der Waals surface area contributed by atoms with Crippen LogP contribution in [0.1, 0.15) is 64.6 Å². The number of carboxylic acids is 1. The largest absolute Gasteiger partial charge is 0.480 e. The van der Waals surface area contributed by atoms with Gasteiger partial charge in [0.2, 0.25) is 23.6 Å². The summed E-state index contributed by atoms with van der Waals surface area (Å²) >= 11 is 9.63. The number of rotatable bonds is 26. The highest BCUT2D eigenvalue weighted by atomic mass is 35.5. The van der Waals surface area contributed by atoms with Crippen molar-refractivity contribution in [3.63, 3.8) is 0 Å². The molecule has 0 heterocycles. The Morgan fingerprint density at radius 1 is 0.584 bits per heavy atom. The van der Waals surface area contributed by atoms with E-state index < -0.39 is 69.4 Å². The van der Waals surface area contributed by atoms with Gasteiger partial charge in [0.1, 0.15) is 24.2 Å². The molecule has 8 rings (SSSR count). The molecule has 1 aliphatic carbocycles. The van der Waals surface area contributed by atoms with Crippen LogP contribution in [0.2, 0.25) is 5.02 Å². The lowest BCUT2D eigenvalue weighted by molar-refractivity contribution is -0.138. The van der Waals surface area contributed by atoms with Crippen LogP contribution in [0.15, 0.2) is 218 Å². The number of allylic oxidation sites excluding steroid dienone is 1. The van der Waals surface area contributed by atoms with Gasteiger partial charge in [0.05, 0.1) is 22.0 Å². The molecule has 0 aliphatic heterocycles. The van der Waals surface area contributed by atoms with Gasteiger partial charge in [0, 0.05) is 17.2 Å². The van der Waals surface area contributed by atoms with E-state index in [0.29, 0.717) is 22.8 Å². The molecular formula is C63H61ClN4O7S2. The molecule has 4 amide bonds. The molecule has 11 nitrogen and oxygen atoms in total. The third-order valence-electron chi connectivity index (χ3n) is 13.5. The number of thioether (sulfide) groups is 2. The molecular weight excluding hydrogens is 1020 g/mol. The molecule has 0 saturated heterocycles. The van der Waals surface area contributed by atoms with Crippen LogP contribution < -0.4 is 21.3 Å². The fraction of sp³-hybridized carbons (Fsp3) is 0.222. The monoisotopic (exact) mass is 1080 g/mol. The van der Waals surface area contributed by atoms with Gasteiger partial charge in [-0.1, -0.05) is 218 Å². The molecule has 1 saturated carbocycles. The molecule has 7 aromatic carbocycles. The molecule has 394 valence electrons. The Morgan fingerprint density at radius 3 is 1.47 bits per heavy atom. The fourth-order valence-corrected chi connectivity index (χ4v) is 12.8. The minimum Gasteiger partial charge on any atom is -0.480 e. The number of carbonyl (C=O) groups is 5. The molecule has 0 bridgehead atoms. The zero-order valence-corrected chi connectivity index (χ0v) is 44.7. The molecule has 7 aromatic rings. The number of carbonyl (C=O) groups excluding carboxylic acids is 4. The molecule has 14 heteroatoms. The van der Waals surface area contributed by atoms with Gasteiger partial charge < -0.3 is 31.5 Å². The lowest BCUT2D eigenvalue weighted by Gasteiger charge is -2.37. The lowest BCUT2D eigenvalue weighted by Crippen LogP contribution is -2.59. The zero-order valence-electron chi connectivity index (χ0n) is 42.3. The highest BCUT2D eigenvalue weighted by Crippen LogP contribution is 2.50. The Balaban J connectivity index is 1.02. The summed E-state index contributed by atoms with van der Waals surface area (Å²) < 4.78 is -1.42. The van der Waals surface area contributed by atoms with Gasteiger partial charge in [-0.05, 0) is 76.1 Å². The van der Waals surface area contributed by atoms with Gasteiger partial charge in [-0.25, -0.2) is 0 Å². The highest BCUT2D eigenvalue weighted by molar-refractivity contribution is 8.00. The first-order valence-corrected chi connectivity index (χ1v) is 27.9. The van der Waals surface area contributed by atoms with Gasteiger partial charge in [-0.2, -0.15) is 0 Å². The predicted octanol–water partition coefficient (Wildman–Crippen LogP) is 9.85. The van der Waals surface area contributed by atoms with Gasteiger partial charge in [-0.15, -0.1) is 23.5 Å². The van der Waals surface area contributed by atoms with Crippen LogP contribution in [0, 0.1) is 0 Å². The van der Waals surface area contributed by atoms with E-state index in [1.54, 1.807) is 42.1 Å². The second-order valence-electron chi connectivity index (χ2n) is 18.9. The van der Waals surface area contributed by atoms with E-state index in [9.17, 15) is 34.2 Å². The molecule has 0 aromatic heterocycles. The molecule has 0 spiro atoms. The summed E-state index contributed by atoms with van der Waals surface area (Å²) in [5, 5.41) is 32.0. The van der Waals surface area contributed by atoms with Gasteiger partial charge >= 0.3 is 5.97 Å². The van der Waals surface area contributed by atoms with Crippen molar-refractivity contribution < 1.29 is 34.2 Å². The first-order chi connectivity index (χ1) is 37.4. The average molecular weight is 1090 g/mol. The van der Waals surface area contributed by atoms with E-state index in [2.05, 4.69) is 57.7 Å². The van der Waals surface area contributed by atoms with Crippen molar-refractivity contribution in [1.82, 2.24) is 21.3 Å². The van der Waals surface area contributed by atoms with Crippen LogP contribution in [0.4, 0.5) is 0 Å². The molecule has 1 aliphatic rings. The fourth-order valence-electron chi connectivity index (χ4n) is 9.54. The van der Waals surface area contributed by atoms with Crippen molar-refractivity contribution in [3.8, 4) is 0 Å². The second-order valence-corrected chi connectivity index (χ2v) is 21.8. The number of nitrogens with one attached hydrogen (secondary N) is 4.